The highest BCUT2D eigenvalue weighted by atomic mass is 31.2. The molecule has 0 saturated heterocycles. The number of hydrogen-bond donors (Lipinski definition) is 4. The molecule has 0 fully saturated rings. The molecule has 0 saturated carbocycles. The smallest absolute Gasteiger partial charge is 0.336 e. The molecule has 0 heterocycles. The molecular weight excluding hydrogens is 239 g/mol. The number of nitrogens with two attached hydrogens (primary N) is 2. The van der Waals surface area contributed by atoms with E-state index in [1.54, 1.807) is 0 Å². The molecule has 1 atom stereocenters. The maximum Gasteiger partial charge on any atom is 0.336 e. The van der Waals surface area contributed by atoms with Crippen LogP contribution in [-0.2, 0) is 18.9 Å². The van der Waals surface area contributed by atoms with Crippen LogP contribution in [0.15, 0.2) is 0 Å². The highest BCUT2D eigenvalue weighted by Gasteiger charge is 2.24. The van der Waals surface area contributed by atoms with Crippen LogP contribution in [0, 0.1) is 0 Å². The van der Waals surface area contributed by atoms with Crippen molar-refractivity contribution in [2.45, 2.75) is 18.9 Å². The number of rotatable bonds is 6. The third-order valence-corrected chi connectivity index (χ3v) is 2.24. The Hall–Kier alpha value is -0.790. The zero-order valence-electron chi connectivity index (χ0n) is 8.54. The van der Waals surface area contributed by atoms with Crippen LogP contribution in [0.4, 0.5) is 0 Å². The molecule has 0 spiro atoms. The number of carbonyl (C=O) groups is 2. The molecule has 0 rings (SSSR count). The van der Waals surface area contributed by atoms with E-state index in [1.807, 2.05) is 0 Å². The van der Waals surface area contributed by atoms with Crippen molar-refractivity contribution in [2.75, 3.05) is 12.7 Å². The molecular formula is C7H15N2O6P. The van der Waals surface area contributed by atoms with Crippen LogP contribution in [0.25, 0.3) is 0 Å². The van der Waals surface area contributed by atoms with Gasteiger partial charge in [0.1, 0.15) is 12.2 Å². The molecule has 94 valence electrons. The Labute approximate surface area is 92.1 Å². The van der Waals surface area contributed by atoms with Gasteiger partial charge in [-0.1, -0.05) is 0 Å². The summed E-state index contributed by atoms with van der Waals surface area (Å²) in [5, 5.41) is 0. The van der Waals surface area contributed by atoms with Gasteiger partial charge in [0, 0.05) is 0 Å². The van der Waals surface area contributed by atoms with Crippen molar-refractivity contribution in [1.29, 1.82) is 0 Å². The van der Waals surface area contributed by atoms with Crippen molar-refractivity contribution in [1.82, 2.24) is 0 Å². The third kappa shape index (κ3) is 7.49. The molecule has 9 heteroatoms. The molecule has 0 radical (unpaired) electrons. The van der Waals surface area contributed by atoms with Gasteiger partial charge in [0.25, 0.3) is 0 Å². The van der Waals surface area contributed by atoms with Crippen molar-refractivity contribution in [2.24, 2.45) is 11.5 Å². The van der Waals surface area contributed by atoms with Crippen LogP contribution >= 0.6 is 7.60 Å². The number of esters is 2. The lowest BCUT2D eigenvalue weighted by Gasteiger charge is -2.09. The van der Waals surface area contributed by atoms with E-state index in [1.165, 1.54) is 0 Å². The minimum Gasteiger partial charge on any atom is -0.392 e. The van der Waals surface area contributed by atoms with Gasteiger partial charge in [0.05, 0.1) is 0 Å². The zero-order valence-corrected chi connectivity index (χ0v) is 9.43. The lowest BCUT2D eigenvalue weighted by Crippen LogP contribution is -2.34. The van der Waals surface area contributed by atoms with Crippen LogP contribution in [0.2, 0.25) is 0 Å². The predicted octanol–water partition coefficient (Wildman–Crippen LogP) is -1.70. The Bertz CT molecular complexity index is 301. The monoisotopic (exact) mass is 254 g/mol. The first-order valence-electron chi connectivity index (χ1n) is 4.51. The topological polar surface area (TPSA) is 153 Å². The zero-order chi connectivity index (χ0) is 12.8. The van der Waals surface area contributed by atoms with Crippen molar-refractivity contribution >= 4 is 19.5 Å². The first kappa shape index (κ1) is 15.2. The Balaban J connectivity index is 4.04. The van der Waals surface area contributed by atoms with E-state index in [4.69, 9.17) is 21.3 Å². The van der Waals surface area contributed by atoms with Crippen molar-refractivity contribution in [3.8, 4) is 0 Å². The third-order valence-electron chi connectivity index (χ3n) is 1.57. The standard InChI is InChI=1S/C7H15N2O6P/c8-3-1-2-5(9)7(11)15-6(10)4-16(12,13)14/h5H,1-4,8-9H2,(H2,12,13,14)/t5-/m1/s1. The number of carbonyl (C=O) groups excluding carboxylic acids is 2. The van der Waals surface area contributed by atoms with Gasteiger partial charge in [-0.05, 0) is 19.4 Å². The second kappa shape index (κ2) is 6.72. The van der Waals surface area contributed by atoms with E-state index in [0.717, 1.165) is 0 Å². The van der Waals surface area contributed by atoms with Gasteiger partial charge in [0.2, 0.25) is 0 Å². The lowest BCUT2D eigenvalue weighted by atomic mass is 10.2. The summed E-state index contributed by atoms with van der Waals surface area (Å²) in [6.45, 7) is 0.345. The van der Waals surface area contributed by atoms with E-state index in [9.17, 15) is 14.2 Å². The molecule has 0 aliphatic rings. The van der Waals surface area contributed by atoms with Crippen molar-refractivity contribution in [3.63, 3.8) is 0 Å². The Morgan fingerprint density at radius 2 is 1.94 bits per heavy atom. The normalized spacial score (nSPS) is 13.2. The first-order valence-corrected chi connectivity index (χ1v) is 6.30. The summed E-state index contributed by atoms with van der Waals surface area (Å²) in [6.07, 6.45) is -0.399. The fourth-order valence-electron chi connectivity index (χ4n) is 0.844. The van der Waals surface area contributed by atoms with Crippen molar-refractivity contribution < 1.29 is 28.7 Å². The van der Waals surface area contributed by atoms with Crippen LogP contribution < -0.4 is 11.5 Å². The minimum absolute atomic E-state index is 0.249. The van der Waals surface area contributed by atoms with Gasteiger partial charge in [-0.15, -0.1) is 0 Å². The number of ether oxygens (including phenoxy) is 1. The summed E-state index contributed by atoms with van der Waals surface area (Å²) in [4.78, 5) is 38.8. The number of hydrogen-bond acceptors (Lipinski definition) is 6. The second-order valence-corrected chi connectivity index (χ2v) is 4.80. The minimum atomic E-state index is -4.52. The van der Waals surface area contributed by atoms with Gasteiger partial charge >= 0.3 is 19.5 Å². The van der Waals surface area contributed by atoms with Crippen LogP contribution in [0.5, 0.6) is 0 Å². The maximum atomic E-state index is 11.1. The van der Waals surface area contributed by atoms with E-state index in [0.29, 0.717) is 13.0 Å². The second-order valence-electron chi connectivity index (χ2n) is 3.15. The summed E-state index contributed by atoms with van der Waals surface area (Å²) >= 11 is 0. The van der Waals surface area contributed by atoms with Crippen LogP contribution in [0.1, 0.15) is 12.8 Å². The average Bonchev–Trinajstić information content (AvgIpc) is 2.10. The molecule has 0 aromatic heterocycles. The quantitative estimate of drug-likeness (QED) is 0.248. The Kier molecular flexibility index (Phi) is 6.39. The molecule has 0 aromatic rings. The summed E-state index contributed by atoms with van der Waals surface area (Å²) in [5.74, 6) is -2.30. The average molecular weight is 254 g/mol. The summed E-state index contributed by atoms with van der Waals surface area (Å²) in [5.41, 5.74) is 10.5. The van der Waals surface area contributed by atoms with E-state index < -0.39 is 31.7 Å². The molecule has 0 unspecified atom stereocenters. The van der Waals surface area contributed by atoms with Gasteiger partial charge in [-0.2, -0.15) is 0 Å². The van der Waals surface area contributed by atoms with Crippen LogP contribution in [-0.4, -0.2) is 40.5 Å². The molecule has 0 aliphatic heterocycles. The van der Waals surface area contributed by atoms with Crippen LogP contribution in [0.3, 0.4) is 0 Å². The van der Waals surface area contributed by atoms with Gasteiger partial charge < -0.3 is 26.0 Å². The Morgan fingerprint density at radius 3 is 2.38 bits per heavy atom. The van der Waals surface area contributed by atoms with Gasteiger partial charge in [-0.3, -0.25) is 9.36 Å². The highest BCUT2D eigenvalue weighted by Crippen LogP contribution is 2.33. The summed E-state index contributed by atoms with van der Waals surface area (Å²) in [6, 6.07) is -1.01. The first-order chi connectivity index (χ1) is 7.26. The van der Waals surface area contributed by atoms with E-state index in [-0.39, 0.29) is 6.42 Å². The van der Waals surface area contributed by atoms with Gasteiger partial charge in [-0.25, -0.2) is 4.79 Å². The summed E-state index contributed by atoms with van der Waals surface area (Å²) < 4.78 is 14.5. The lowest BCUT2D eigenvalue weighted by molar-refractivity contribution is -0.159. The molecule has 8 nitrogen and oxygen atoms in total. The molecule has 0 aliphatic carbocycles. The fourth-order valence-corrected chi connectivity index (χ4v) is 1.24. The van der Waals surface area contributed by atoms with E-state index in [2.05, 4.69) is 4.74 Å². The Morgan fingerprint density at radius 1 is 1.38 bits per heavy atom. The SMILES string of the molecule is NCCC[C@@H](N)C(=O)OC(=O)CP(=O)(O)O. The fraction of sp³-hybridized carbons (Fsp3) is 0.714. The maximum absolute atomic E-state index is 11.1. The molecule has 0 amide bonds. The van der Waals surface area contributed by atoms with E-state index >= 15 is 0 Å². The van der Waals surface area contributed by atoms with Crippen molar-refractivity contribution in [3.05, 3.63) is 0 Å². The molecule has 0 bridgehead atoms. The molecule has 16 heavy (non-hydrogen) atoms. The van der Waals surface area contributed by atoms with Gasteiger partial charge in [0.15, 0.2) is 0 Å². The molecule has 6 N–H and O–H groups in total. The molecule has 0 aromatic carbocycles. The summed E-state index contributed by atoms with van der Waals surface area (Å²) in [7, 11) is -4.52. The largest absolute Gasteiger partial charge is 0.392 e. The predicted molar refractivity (Wildman–Crippen MR) is 54.3 cm³/mol. The highest BCUT2D eigenvalue weighted by molar-refractivity contribution is 7.52.